The van der Waals surface area contributed by atoms with Crippen molar-refractivity contribution >= 4 is 75.7 Å². The molecular formula is C42H25N. The van der Waals surface area contributed by atoms with E-state index in [9.17, 15) is 0 Å². The number of H-pyrrole nitrogens is 1. The van der Waals surface area contributed by atoms with Gasteiger partial charge in [-0.3, -0.25) is 0 Å². The van der Waals surface area contributed by atoms with Crippen molar-refractivity contribution in [1.29, 1.82) is 0 Å². The van der Waals surface area contributed by atoms with Crippen LogP contribution in [0, 0.1) is 0 Å². The van der Waals surface area contributed by atoms with Gasteiger partial charge < -0.3 is 4.98 Å². The Balaban J connectivity index is 1.23. The largest absolute Gasteiger partial charge is 0.353 e. The summed E-state index contributed by atoms with van der Waals surface area (Å²) in [7, 11) is 0. The Kier molecular flexibility index (Phi) is 4.51. The molecule has 0 saturated heterocycles. The number of hydrogen-bond acceptors (Lipinski definition) is 0. The van der Waals surface area contributed by atoms with Gasteiger partial charge in [-0.25, -0.2) is 0 Å². The van der Waals surface area contributed by atoms with E-state index in [-0.39, 0.29) is 0 Å². The molecule has 1 N–H and O–H groups in total. The first kappa shape index (κ1) is 23.0. The van der Waals surface area contributed by atoms with Gasteiger partial charge in [-0.2, -0.15) is 0 Å². The number of rotatable bonds is 2. The number of aromatic amines is 1. The summed E-state index contributed by atoms with van der Waals surface area (Å²) < 4.78 is 0. The highest BCUT2D eigenvalue weighted by atomic mass is 14.7. The van der Waals surface area contributed by atoms with Gasteiger partial charge in [0.05, 0.1) is 11.0 Å². The highest BCUT2D eigenvalue weighted by Crippen LogP contribution is 2.43. The Morgan fingerprint density at radius 3 is 1.70 bits per heavy atom. The van der Waals surface area contributed by atoms with E-state index in [0.717, 1.165) is 0 Å². The lowest BCUT2D eigenvalue weighted by Gasteiger charge is -2.15. The van der Waals surface area contributed by atoms with Crippen molar-refractivity contribution in [3.63, 3.8) is 0 Å². The highest BCUT2D eigenvalue weighted by molar-refractivity contribution is 6.32. The number of hydrogen-bond donors (Lipinski definition) is 1. The molecule has 0 fully saturated rings. The van der Waals surface area contributed by atoms with E-state index in [4.69, 9.17) is 0 Å². The van der Waals surface area contributed by atoms with Crippen molar-refractivity contribution in [2.45, 2.75) is 0 Å². The fourth-order valence-electron chi connectivity index (χ4n) is 7.65. The molecule has 10 aromatic rings. The summed E-state index contributed by atoms with van der Waals surface area (Å²) in [5.41, 5.74) is 7.34. The zero-order chi connectivity index (χ0) is 28.1. The fourth-order valence-corrected chi connectivity index (χ4v) is 7.65. The first-order chi connectivity index (χ1) is 21.3. The van der Waals surface area contributed by atoms with Gasteiger partial charge in [-0.1, -0.05) is 140 Å². The van der Waals surface area contributed by atoms with Crippen LogP contribution < -0.4 is 0 Å². The third kappa shape index (κ3) is 3.11. The average Bonchev–Trinajstić information content (AvgIpc) is 3.48. The summed E-state index contributed by atoms with van der Waals surface area (Å²) in [6.45, 7) is 0. The van der Waals surface area contributed by atoms with Crippen LogP contribution in [0.15, 0.2) is 146 Å². The summed E-state index contributed by atoms with van der Waals surface area (Å²) in [6.07, 6.45) is 0. The number of para-hydroxylation sites is 1. The van der Waals surface area contributed by atoms with Crippen molar-refractivity contribution in [2.24, 2.45) is 0 Å². The molecular weight excluding hydrogens is 518 g/mol. The Hall–Kier alpha value is -5.66. The molecule has 1 aromatic heterocycles. The van der Waals surface area contributed by atoms with E-state index in [0.29, 0.717) is 0 Å². The lowest BCUT2D eigenvalue weighted by Crippen LogP contribution is -1.88. The fraction of sp³-hybridized carbons (Fsp3) is 0. The third-order valence-corrected chi connectivity index (χ3v) is 9.53. The molecule has 1 heteroatoms. The number of benzene rings is 9. The molecule has 198 valence electrons. The molecule has 9 aromatic carbocycles. The third-order valence-electron chi connectivity index (χ3n) is 9.53. The molecule has 0 bridgehead atoms. The highest BCUT2D eigenvalue weighted by Gasteiger charge is 2.17. The molecule has 0 unspecified atom stereocenters. The molecule has 0 aliphatic rings. The number of fused-ring (bicyclic) bond motifs is 8. The standard InChI is InChI=1S/C42H25N/c1-3-14-34-32(12-1)33-13-2-4-15-36(33)42-40(34)37-17-7-16-31(41(37)43-42)29-11-6-10-28(24-29)30-22-20-27-19-18-25-8-5-9-26-21-23-35(30)39(27)38(25)26/h1-24,43H. The monoisotopic (exact) mass is 543 g/mol. The zero-order valence-electron chi connectivity index (χ0n) is 23.4. The van der Waals surface area contributed by atoms with Crippen LogP contribution in [0.5, 0.6) is 0 Å². The number of nitrogens with one attached hydrogen (secondary N) is 1. The summed E-state index contributed by atoms with van der Waals surface area (Å²) in [5.74, 6) is 0. The normalized spacial score (nSPS) is 12.2. The van der Waals surface area contributed by atoms with Gasteiger partial charge in [0, 0.05) is 21.7 Å². The molecule has 0 spiro atoms. The summed E-state index contributed by atoms with van der Waals surface area (Å²) in [5, 5.41) is 15.6. The van der Waals surface area contributed by atoms with Crippen molar-refractivity contribution in [1.82, 2.24) is 4.98 Å². The maximum atomic E-state index is 3.90. The van der Waals surface area contributed by atoms with E-state index in [1.54, 1.807) is 0 Å². The van der Waals surface area contributed by atoms with Crippen LogP contribution in [-0.4, -0.2) is 4.98 Å². The minimum atomic E-state index is 1.19. The molecule has 10 rings (SSSR count). The minimum Gasteiger partial charge on any atom is -0.353 e. The molecule has 0 saturated carbocycles. The lowest BCUT2D eigenvalue weighted by molar-refractivity contribution is 1.55. The molecule has 0 amide bonds. The van der Waals surface area contributed by atoms with Crippen LogP contribution in [0.4, 0.5) is 0 Å². The quantitative estimate of drug-likeness (QED) is 0.209. The second-order valence-corrected chi connectivity index (χ2v) is 11.7. The lowest BCUT2D eigenvalue weighted by atomic mass is 9.89. The summed E-state index contributed by atoms with van der Waals surface area (Å²) in [4.78, 5) is 3.90. The van der Waals surface area contributed by atoms with E-state index in [2.05, 4.69) is 151 Å². The van der Waals surface area contributed by atoms with Gasteiger partial charge in [-0.15, -0.1) is 0 Å². The Morgan fingerprint density at radius 2 is 0.884 bits per heavy atom. The average molecular weight is 544 g/mol. The van der Waals surface area contributed by atoms with Crippen molar-refractivity contribution in [3.8, 4) is 22.3 Å². The topological polar surface area (TPSA) is 15.8 Å². The summed E-state index contributed by atoms with van der Waals surface area (Å²) >= 11 is 0. The summed E-state index contributed by atoms with van der Waals surface area (Å²) in [6, 6.07) is 53.6. The first-order valence-electron chi connectivity index (χ1n) is 14.9. The van der Waals surface area contributed by atoms with Crippen molar-refractivity contribution in [2.75, 3.05) is 0 Å². The van der Waals surface area contributed by atoms with Crippen molar-refractivity contribution < 1.29 is 0 Å². The minimum absolute atomic E-state index is 1.19. The maximum absolute atomic E-state index is 3.90. The molecule has 0 atom stereocenters. The van der Waals surface area contributed by atoms with Gasteiger partial charge in [0.1, 0.15) is 0 Å². The van der Waals surface area contributed by atoms with Crippen molar-refractivity contribution in [3.05, 3.63) is 146 Å². The van der Waals surface area contributed by atoms with Crippen LogP contribution in [0.3, 0.4) is 0 Å². The van der Waals surface area contributed by atoms with E-state index in [1.807, 2.05) is 0 Å². The van der Waals surface area contributed by atoms with Gasteiger partial charge in [0.25, 0.3) is 0 Å². The molecule has 0 aliphatic carbocycles. The van der Waals surface area contributed by atoms with Crippen LogP contribution in [0.25, 0.3) is 97.9 Å². The van der Waals surface area contributed by atoms with Crippen LogP contribution >= 0.6 is 0 Å². The Bertz CT molecular complexity index is 2710. The first-order valence-corrected chi connectivity index (χ1v) is 14.9. The molecule has 0 radical (unpaired) electrons. The Labute approximate surface area is 248 Å². The molecule has 43 heavy (non-hydrogen) atoms. The van der Waals surface area contributed by atoms with Gasteiger partial charge in [0.15, 0.2) is 0 Å². The number of aromatic nitrogens is 1. The van der Waals surface area contributed by atoms with Crippen LogP contribution in [0.1, 0.15) is 0 Å². The van der Waals surface area contributed by atoms with Crippen LogP contribution in [-0.2, 0) is 0 Å². The zero-order valence-corrected chi connectivity index (χ0v) is 23.4. The predicted molar refractivity (Wildman–Crippen MR) is 185 cm³/mol. The molecule has 1 nitrogen and oxygen atoms in total. The molecule has 0 aliphatic heterocycles. The van der Waals surface area contributed by atoms with E-state index in [1.165, 1.54) is 97.9 Å². The SMILES string of the molecule is c1cc(-c2ccc3ccc4cccc5ccc2c3c45)cc(-c2cccc3c2[nH]c2c4ccccc4c4ccccc4c32)c1. The smallest absolute Gasteiger partial charge is 0.0551 e. The van der Waals surface area contributed by atoms with Gasteiger partial charge >= 0.3 is 0 Å². The van der Waals surface area contributed by atoms with Gasteiger partial charge in [-0.05, 0) is 71.2 Å². The molecule has 1 heterocycles. The maximum Gasteiger partial charge on any atom is 0.0551 e. The second kappa shape index (κ2) is 8.44. The second-order valence-electron chi connectivity index (χ2n) is 11.7. The predicted octanol–water partition coefficient (Wildman–Crippen LogP) is 11.9. The van der Waals surface area contributed by atoms with E-state index < -0.39 is 0 Å². The van der Waals surface area contributed by atoms with Gasteiger partial charge in [0.2, 0.25) is 0 Å². The Morgan fingerprint density at radius 1 is 0.302 bits per heavy atom. The van der Waals surface area contributed by atoms with E-state index >= 15 is 0 Å². The van der Waals surface area contributed by atoms with Crippen LogP contribution in [0.2, 0.25) is 0 Å².